The number of hydrogen-bond acceptors (Lipinski definition) is 8. The molecule has 1 atom stereocenters. The Bertz CT molecular complexity index is 1920. The minimum absolute atomic E-state index is 0.107. The van der Waals surface area contributed by atoms with Gasteiger partial charge >= 0.3 is 6.09 Å². The predicted molar refractivity (Wildman–Crippen MR) is 191 cm³/mol. The van der Waals surface area contributed by atoms with E-state index in [0.717, 1.165) is 64.5 Å². The number of nitrogens with zero attached hydrogens (tertiary/aromatic N) is 4. The third-order valence-electron chi connectivity index (χ3n) is 9.32. The quantitative estimate of drug-likeness (QED) is 0.118. The number of hydrogen-bond donors (Lipinski definition) is 4. The molecule has 1 saturated carbocycles. The molecule has 5 aromatic rings. The fourth-order valence-electron chi connectivity index (χ4n) is 6.63. The van der Waals surface area contributed by atoms with Gasteiger partial charge in [0.05, 0.1) is 17.4 Å². The lowest BCUT2D eigenvalue weighted by molar-refractivity contribution is -0.129. The Kier molecular flexibility index (Phi) is 10.4. The SMILES string of the molecule is Cc1cc2[nH]cnc2cc1-c1ccc(C[C@H](CC(=O)C2CCC(CNC(=O)OC(C)(C)C)CC2)C(=O)Nc2ccc(-c3nn[nH]n3)cc2)cc1. The summed E-state index contributed by atoms with van der Waals surface area (Å²) in [6.45, 7) is 8.12. The molecular formula is C38H44N8O4. The van der Waals surface area contributed by atoms with Gasteiger partial charge in [-0.05, 0) is 130 Å². The smallest absolute Gasteiger partial charge is 0.407 e. The molecule has 2 amide bonds. The Morgan fingerprint density at radius 2 is 1.68 bits per heavy atom. The molecule has 2 heterocycles. The van der Waals surface area contributed by atoms with Crippen molar-refractivity contribution in [2.75, 3.05) is 11.9 Å². The van der Waals surface area contributed by atoms with E-state index in [0.29, 0.717) is 24.5 Å². The van der Waals surface area contributed by atoms with Crippen molar-refractivity contribution in [3.05, 3.63) is 78.1 Å². The number of Topliss-reactive ketones (excluding diaryl/α,β-unsaturated/α-hetero) is 1. The maximum absolute atomic E-state index is 13.8. The zero-order chi connectivity index (χ0) is 35.3. The molecule has 12 heteroatoms. The van der Waals surface area contributed by atoms with Crippen molar-refractivity contribution in [2.45, 2.75) is 71.8 Å². The van der Waals surface area contributed by atoms with Crippen molar-refractivity contribution < 1.29 is 19.1 Å². The molecule has 0 bridgehead atoms. The number of nitrogens with one attached hydrogen (secondary N) is 4. The number of benzene rings is 3. The average Bonchev–Trinajstić information content (AvgIpc) is 3.80. The number of ketones is 1. The molecule has 0 aliphatic heterocycles. The molecule has 0 saturated heterocycles. The lowest BCUT2D eigenvalue weighted by Gasteiger charge is -2.29. The minimum atomic E-state index is -0.557. The highest BCUT2D eigenvalue weighted by atomic mass is 16.6. The van der Waals surface area contributed by atoms with Crippen LogP contribution in [0, 0.1) is 24.7 Å². The van der Waals surface area contributed by atoms with Gasteiger partial charge in [0.15, 0.2) is 0 Å². The van der Waals surface area contributed by atoms with Gasteiger partial charge in [0, 0.05) is 36.1 Å². The van der Waals surface area contributed by atoms with Crippen LogP contribution in [0.1, 0.15) is 64.0 Å². The number of alkyl carbamates (subject to hydrolysis) is 1. The Hall–Kier alpha value is -5.39. The summed E-state index contributed by atoms with van der Waals surface area (Å²) >= 11 is 0. The first-order valence-corrected chi connectivity index (χ1v) is 17.2. The Morgan fingerprint density at radius 3 is 2.36 bits per heavy atom. The van der Waals surface area contributed by atoms with Gasteiger partial charge in [0.25, 0.3) is 0 Å². The molecule has 6 rings (SSSR count). The van der Waals surface area contributed by atoms with E-state index < -0.39 is 17.6 Å². The van der Waals surface area contributed by atoms with Crippen molar-refractivity contribution >= 4 is 34.5 Å². The second-order valence-corrected chi connectivity index (χ2v) is 14.3. The van der Waals surface area contributed by atoms with Crippen LogP contribution in [0.15, 0.2) is 67.0 Å². The zero-order valence-corrected chi connectivity index (χ0v) is 29.0. The molecule has 1 aliphatic rings. The van der Waals surface area contributed by atoms with Crippen molar-refractivity contribution in [3.63, 3.8) is 0 Å². The molecule has 12 nitrogen and oxygen atoms in total. The normalized spacial score (nSPS) is 16.9. The molecule has 3 aromatic carbocycles. The number of anilines is 1. The van der Waals surface area contributed by atoms with Crippen LogP contribution in [-0.4, -0.2) is 60.5 Å². The number of imidazole rings is 1. The number of carbonyl (C=O) groups excluding carboxylic acids is 3. The summed E-state index contributed by atoms with van der Waals surface area (Å²) in [6.07, 6.45) is 4.98. The van der Waals surface area contributed by atoms with Crippen LogP contribution in [0.3, 0.4) is 0 Å². The number of aromatic amines is 2. The van der Waals surface area contributed by atoms with Crippen LogP contribution in [0.2, 0.25) is 0 Å². The number of H-pyrrole nitrogens is 2. The highest BCUT2D eigenvalue weighted by Gasteiger charge is 2.31. The summed E-state index contributed by atoms with van der Waals surface area (Å²) < 4.78 is 5.36. The fourth-order valence-corrected chi connectivity index (χ4v) is 6.63. The average molecular weight is 677 g/mol. The van der Waals surface area contributed by atoms with Gasteiger partial charge in [-0.15, -0.1) is 10.2 Å². The van der Waals surface area contributed by atoms with E-state index in [4.69, 9.17) is 4.74 Å². The van der Waals surface area contributed by atoms with Crippen molar-refractivity contribution in [2.24, 2.45) is 17.8 Å². The summed E-state index contributed by atoms with van der Waals surface area (Å²) in [5, 5.41) is 20.0. The monoisotopic (exact) mass is 676 g/mol. The molecule has 0 spiro atoms. The molecule has 1 aliphatic carbocycles. The third kappa shape index (κ3) is 8.79. The number of carbonyl (C=O) groups is 3. The topological polar surface area (TPSA) is 168 Å². The Morgan fingerprint density at radius 1 is 0.960 bits per heavy atom. The van der Waals surface area contributed by atoms with Crippen molar-refractivity contribution in [3.8, 4) is 22.5 Å². The van der Waals surface area contributed by atoms with Gasteiger partial charge in [-0.2, -0.15) is 5.21 Å². The Labute approximate surface area is 291 Å². The van der Waals surface area contributed by atoms with Gasteiger partial charge in [0.1, 0.15) is 11.4 Å². The largest absolute Gasteiger partial charge is 0.444 e. The van der Waals surface area contributed by atoms with E-state index in [1.54, 1.807) is 18.5 Å². The van der Waals surface area contributed by atoms with Gasteiger partial charge in [-0.3, -0.25) is 9.59 Å². The molecule has 4 N–H and O–H groups in total. The highest BCUT2D eigenvalue weighted by molar-refractivity contribution is 5.96. The molecule has 0 unspecified atom stereocenters. The van der Waals surface area contributed by atoms with Crippen LogP contribution in [0.25, 0.3) is 33.5 Å². The summed E-state index contributed by atoms with van der Waals surface area (Å²) in [5.41, 5.74) is 7.02. The number of aryl methyl sites for hydroxylation is 1. The van der Waals surface area contributed by atoms with Crippen LogP contribution < -0.4 is 10.6 Å². The number of amides is 2. The number of aromatic nitrogens is 6. The lowest BCUT2D eigenvalue weighted by atomic mass is 9.77. The van der Waals surface area contributed by atoms with E-state index >= 15 is 0 Å². The second kappa shape index (κ2) is 15.0. The molecule has 0 radical (unpaired) electrons. The first kappa shape index (κ1) is 34.5. The number of tetrazole rings is 1. The maximum atomic E-state index is 13.8. The predicted octanol–water partition coefficient (Wildman–Crippen LogP) is 6.81. The summed E-state index contributed by atoms with van der Waals surface area (Å²) in [5.74, 6) is -0.0133. The van der Waals surface area contributed by atoms with Crippen LogP contribution in [0.4, 0.5) is 10.5 Å². The van der Waals surface area contributed by atoms with Crippen molar-refractivity contribution in [1.29, 1.82) is 0 Å². The van der Waals surface area contributed by atoms with E-state index in [2.05, 4.69) is 72.4 Å². The summed E-state index contributed by atoms with van der Waals surface area (Å²) in [6, 6.07) is 19.6. The Balaban J connectivity index is 1.12. The molecule has 260 valence electrons. The molecular weight excluding hydrogens is 632 g/mol. The van der Waals surface area contributed by atoms with E-state index in [1.807, 2.05) is 45.0 Å². The first-order chi connectivity index (χ1) is 24.0. The lowest BCUT2D eigenvalue weighted by Crippen LogP contribution is -2.37. The molecule has 2 aromatic heterocycles. The van der Waals surface area contributed by atoms with Crippen LogP contribution in [-0.2, 0) is 20.7 Å². The third-order valence-corrected chi connectivity index (χ3v) is 9.32. The number of fused-ring (bicyclic) bond motifs is 1. The van der Waals surface area contributed by atoms with E-state index in [1.165, 1.54) is 0 Å². The van der Waals surface area contributed by atoms with Gasteiger partial charge < -0.3 is 20.4 Å². The van der Waals surface area contributed by atoms with Crippen LogP contribution in [0.5, 0.6) is 0 Å². The van der Waals surface area contributed by atoms with Crippen molar-refractivity contribution in [1.82, 2.24) is 35.9 Å². The highest BCUT2D eigenvalue weighted by Crippen LogP contribution is 2.32. The first-order valence-electron chi connectivity index (χ1n) is 17.2. The number of ether oxygens (including phenoxy) is 1. The molecule has 50 heavy (non-hydrogen) atoms. The van der Waals surface area contributed by atoms with Gasteiger partial charge in [-0.1, -0.05) is 24.3 Å². The second-order valence-electron chi connectivity index (χ2n) is 14.3. The maximum Gasteiger partial charge on any atom is 0.407 e. The summed E-state index contributed by atoms with van der Waals surface area (Å²) in [7, 11) is 0. The van der Waals surface area contributed by atoms with Crippen LogP contribution >= 0.6 is 0 Å². The molecule has 1 fully saturated rings. The van der Waals surface area contributed by atoms with E-state index in [-0.39, 0.29) is 29.9 Å². The van der Waals surface area contributed by atoms with E-state index in [9.17, 15) is 14.4 Å². The number of rotatable bonds is 11. The minimum Gasteiger partial charge on any atom is -0.444 e. The zero-order valence-electron chi connectivity index (χ0n) is 29.0. The van der Waals surface area contributed by atoms with Gasteiger partial charge in [0.2, 0.25) is 11.7 Å². The van der Waals surface area contributed by atoms with Gasteiger partial charge in [-0.25, -0.2) is 9.78 Å². The standard InChI is InChI=1S/C38H44N8O4/c1-23-17-32-33(41-22-40-32)20-31(23)26-9-5-24(6-10-26)18-29(36(48)42-30-15-13-28(14-16-30)35-43-45-46-44-35)19-34(47)27-11-7-25(8-12-27)21-39-37(49)50-38(2,3)4/h5-6,9-10,13-17,20,22,25,27,29H,7-8,11-12,18-19,21H2,1-4H3,(H,39,49)(H,40,41)(H,42,48)(H,43,44,45,46)/t25?,27?,29-/m1/s1. The fraction of sp³-hybridized carbons (Fsp3) is 0.395. The summed E-state index contributed by atoms with van der Waals surface area (Å²) in [4.78, 5) is 47.2.